The lowest BCUT2D eigenvalue weighted by molar-refractivity contribution is -0.127. The summed E-state index contributed by atoms with van der Waals surface area (Å²) in [6.45, 7) is -0.323. The summed E-state index contributed by atoms with van der Waals surface area (Å²) in [5.74, 6) is 0.000129. The lowest BCUT2D eigenvalue weighted by atomic mass is 9.99. The van der Waals surface area contributed by atoms with Crippen LogP contribution < -0.4 is 19.7 Å². The van der Waals surface area contributed by atoms with Crippen LogP contribution in [0.4, 0.5) is 10.1 Å². The highest BCUT2D eigenvalue weighted by atomic mass is 19.1. The van der Waals surface area contributed by atoms with Crippen molar-refractivity contribution in [2.24, 2.45) is 0 Å². The number of hydrogen-bond donors (Lipinski definition) is 1. The number of carbonyl (C=O) groups excluding carboxylic acids is 2. The smallest absolute Gasteiger partial charge is 0.251 e. The average Bonchev–Trinajstić information content (AvgIpc) is 3.76. The highest BCUT2D eigenvalue weighted by molar-refractivity contribution is 6.08. The van der Waals surface area contributed by atoms with Gasteiger partial charge in [0.1, 0.15) is 29.9 Å². The number of carbonyl (C=O) groups is 2. The molecule has 1 atom stereocenters. The number of benzene rings is 4. The second-order valence-electron chi connectivity index (χ2n) is 10.9. The monoisotopic (exact) mass is 608 g/mol. The first kappa shape index (κ1) is 29.7. The van der Waals surface area contributed by atoms with Crippen molar-refractivity contribution in [2.75, 3.05) is 19.1 Å². The molecule has 5 aromatic rings. The number of aromatic nitrogens is 4. The molecule has 10 nitrogen and oxygen atoms in total. The maximum Gasteiger partial charge on any atom is 0.251 e. The van der Waals surface area contributed by atoms with E-state index in [9.17, 15) is 14.0 Å². The molecular formula is C34H33FN6O4. The van der Waals surface area contributed by atoms with E-state index in [2.05, 4.69) is 20.7 Å². The van der Waals surface area contributed by atoms with E-state index >= 15 is 0 Å². The largest absolute Gasteiger partial charge is 0.497 e. The number of halogens is 1. The highest BCUT2D eigenvalue weighted by Crippen LogP contribution is 2.39. The van der Waals surface area contributed by atoms with E-state index in [4.69, 9.17) is 9.47 Å². The van der Waals surface area contributed by atoms with Gasteiger partial charge < -0.3 is 14.8 Å². The minimum Gasteiger partial charge on any atom is -0.497 e. The predicted molar refractivity (Wildman–Crippen MR) is 167 cm³/mol. The van der Waals surface area contributed by atoms with Crippen molar-refractivity contribution >= 4 is 28.3 Å². The lowest BCUT2D eigenvalue weighted by Gasteiger charge is -2.33. The second-order valence-corrected chi connectivity index (χ2v) is 10.9. The van der Waals surface area contributed by atoms with Crippen molar-refractivity contribution in [3.05, 3.63) is 96.3 Å². The summed E-state index contributed by atoms with van der Waals surface area (Å²) in [6, 6.07) is 23.1. The van der Waals surface area contributed by atoms with Crippen molar-refractivity contribution in [3.8, 4) is 22.9 Å². The molecule has 1 saturated carbocycles. The topological polar surface area (TPSA) is 111 Å². The van der Waals surface area contributed by atoms with E-state index in [-0.39, 0.29) is 30.1 Å². The first-order chi connectivity index (χ1) is 21.9. The molecule has 6 rings (SSSR count). The van der Waals surface area contributed by atoms with Gasteiger partial charge in [0.2, 0.25) is 11.7 Å². The highest BCUT2D eigenvalue weighted by Gasteiger charge is 2.37. The molecule has 4 aromatic carbocycles. The summed E-state index contributed by atoms with van der Waals surface area (Å²) >= 11 is 0. The zero-order chi connectivity index (χ0) is 31.3. The van der Waals surface area contributed by atoms with Crippen LogP contribution in [0.15, 0.2) is 84.9 Å². The molecule has 0 bridgehead atoms. The first-order valence-corrected chi connectivity index (χ1v) is 14.8. The van der Waals surface area contributed by atoms with Gasteiger partial charge in [-0.1, -0.05) is 49.2 Å². The molecule has 2 amide bonds. The minimum atomic E-state index is -1.13. The molecule has 1 heterocycles. The van der Waals surface area contributed by atoms with Crippen molar-refractivity contribution in [3.63, 3.8) is 0 Å². The van der Waals surface area contributed by atoms with Crippen LogP contribution in [0.5, 0.6) is 11.5 Å². The third-order valence-corrected chi connectivity index (χ3v) is 8.07. The number of methoxy groups -OCH3 is 2. The van der Waals surface area contributed by atoms with E-state index in [1.54, 1.807) is 37.4 Å². The molecule has 45 heavy (non-hydrogen) atoms. The summed E-state index contributed by atoms with van der Waals surface area (Å²) in [7, 11) is 3.07. The molecule has 1 aliphatic carbocycles. The van der Waals surface area contributed by atoms with Gasteiger partial charge in [-0.3, -0.25) is 14.5 Å². The van der Waals surface area contributed by atoms with Crippen LogP contribution in [0.25, 0.3) is 22.2 Å². The number of nitrogens with one attached hydrogen (secondary N) is 1. The van der Waals surface area contributed by atoms with Gasteiger partial charge in [0.25, 0.3) is 5.91 Å². The Labute approximate surface area is 259 Å². The lowest BCUT2D eigenvalue weighted by Crippen LogP contribution is -2.47. The maximum absolute atomic E-state index is 14.6. The number of ether oxygens (including phenoxy) is 2. The molecule has 1 fully saturated rings. The molecule has 230 valence electrons. The number of nitrogens with zero attached hydrogens (tertiary/aromatic N) is 5. The van der Waals surface area contributed by atoms with Crippen LogP contribution in [-0.2, 0) is 16.1 Å². The predicted octanol–water partition coefficient (Wildman–Crippen LogP) is 5.48. The van der Waals surface area contributed by atoms with Crippen molar-refractivity contribution < 1.29 is 23.5 Å². The van der Waals surface area contributed by atoms with Crippen molar-refractivity contribution in [2.45, 2.75) is 44.3 Å². The molecule has 1 unspecified atom stereocenters. The van der Waals surface area contributed by atoms with Crippen LogP contribution in [0, 0.1) is 5.82 Å². The normalized spacial score (nSPS) is 13.8. The standard InChI is InChI=1S/C34H33FN6O4/c1-44-26-18-19-30(45-2)28(20-26)32(34(43)36-25-10-4-5-11-25)41(29-13-7-9-22-8-3-6-12-27(22)29)31(42)21-40-38-33(37-39-40)23-14-16-24(35)17-15-23/h3,6-9,12-20,25,32H,4-5,10-11,21H2,1-2H3,(H,36,43). The number of tetrazole rings is 1. The number of fused-ring (bicyclic) bond motifs is 1. The number of amides is 2. The number of hydrogen-bond acceptors (Lipinski definition) is 7. The van der Waals surface area contributed by atoms with E-state index in [0.29, 0.717) is 28.3 Å². The molecular weight excluding hydrogens is 575 g/mol. The fourth-order valence-electron chi connectivity index (χ4n) is 5.86. The summed E-state index contributed by atoms with van der Waals surface area (Å²) in [5.41, 5.74) is 1.55. The van der Waals surface area contributed by atoms with Crippen LogP contribution >= 0.6 is 0 Å². The Kier molecular flexibility index (Phi) is 8.68. The van der Waals surface area contributed by atoms with Gasteiger partial charge in [-0.25, -0.2) is 4.39 Å². The maximum atomic E-state index is 14.6. The molecule has 1 aliphatic rings. The Bertz CT molecular complexity index is 1810. The van der Waals surface area contributed by atoms with Gasteiger partial charge in [0.05, 0.1) is 19.9 Å². The van der Waals surface area contributed by atoms with Crippen molar-refractivity contribution in [1.82, 2.24) is 25.5 Å². The number of anilines is 1. The zero-order valence-electron chi connectivity index (χ0n) is 25.0. The van der Waals surface area contributed by atoms with Gasteiger partial charge in [-0.15, -0.1) is 10.2 Å². The van der Waals surface area contributed by atoms with E-state index in [0.717, 1.165) is 36.5 Å². The van der Waals surface area contributed by atoms with Gasteiger partial charge in [-0.2, -0.15) is 4.80 Å². The van der Waals surface area contributed by atoms with Crippen LogP contribution in [0.1, 0.15) is 37.3 Å². The summed E-state index contributed by atoms with van der Waals surface area (Å²) in [5, 5.41) is 17.5. The first-order valence-electron chi connectivity index (χ1n) is 14.8. The van der Waals surface area contributed by atoms with Crippen molar-refractivity contribution in [1.29, 1.82) is 0 Å². The Hall–Kier alpha value is -5.32. The van der Waals surface area contributed by atoms with Crippen LogP contribution in [-0.4, -0.2) is 52.3 Å². The third-order valence-electron chi connectivity index (χ3n) is 8.07. The van der Waals surface area contributed by atoms with E-state index in [1.807, 2.05) is 42.5 Å². The Morgan fingerprint density at radius 1 is 0.978 bits per heavy atom. The van der Waals surface area contributed by atoms with E-state index < -0.39 is 11.9 Å². The Morgan fingerprint density at radius 3 is 2.49 bits per heavy atom. The van der Waals surface area contributed by atoms with Gasteiger partial charge >= 0.3 is 0 Å². The summed E-state index contributed by atoms with van der Waals surface area (Å²) in [4.78, 5) is 31.6. The Morgan fingerprint density at radius 2 is 1.73 bits per heavy atom. The fourth-order valence-corrected chi connectivity index (χ4v) is 5.86. The minimum absolute atomic E-state index is 0.00341. The molecule has 0 radical (unpaired) electrons. The van der Waals surface area contributed by atoms with Gasteiger partial charge in [0, 0.05) is 22.6 Å². The molecule has 1 N–H and O–H groups in total. The van der Waals surface area contributed by atoms with Gasteiger partial charge in [-0.05, 0) is 72.0 Å². The third kappa shape index (κ3) is 6.33. The molecule has 0 spiro atoms. The fraction of sp³-hybridized carbons (Fsp3) is 0.265. The second kappa shape index (κ2) is 13.1. The molecule has 1 aromatic heterocycles. The zero-order valence-corrected chi connectivity index (χ0v) is 25.0. The summed E-state index contributed by atoms with van der Waals surface area (Å²) in [6.07, 6.45) is 3.78. The number of rotatable bonds is 10. The SMILES string of the molecule is COc1ccc(OC)c(C(C(=O)NC2CCCC2)N(C(=O)Cn2nnc(-c3ccc(F)cc3)n2)c2cccc3ccccc23)c1. The van der Waals surface area contributed by atoms with Crippen LogP contribution in [0.3, 0.4) is 0 Å². The summed E-state index contributed by atoms with van der Waals surface area (Å²) < 4.78 is 24.8. The molecule has 0 aliphatic heterocycles. The Balaban J connectivity index is 1.48. The molecule has 11 heteroatoms. The van der Waals surface area contributed by atoms with Gasteiger partial charge in [0.15, 0.2) is 0 Å². The van der Waals surface area contributed by atoms with E-state index in [1.165, 1.54) is 28.9 Å². The van der Waals surface area contributed by atoms with Crippen LogP contribution in [0.2, 0.25) is 0 Å². The molecule has 0 saturated heterocycles. The quantitative estimate of drug-likeness (QED) is 0.223. The average molecular weight is 609 g/mol.